The van der Waals surface area contributed by atoms with Gasteiger partial charge in [0.05, 0.1) is 0 Å². The maximum atomic E-state index is 12.8. The molecule has 2 aromatic rings. The number of carbonyl (C=O) groups is 4. The first-order chi connectivity index (χ1) is 13.3. The SMILES string of the molecule is Cc1ccc([C@@]2(C)NC(=O)N(CC(=O)NNC(=O)c3ccccc3)C2=O)cc1. The zero-order valence-corrected chi connectivity index (χ0v) is 15.5. The Labute approximate surface area is 161 Å². The third-order valence-electron chi connectivity index (χ3n) is 4.56. The van der Waals surface area contributed by atoms with E-state index in [-0.39, 0.29) is 0 Å². The minimum Gasteiger partial charge on any atom is -0.319 e. The van der Waals surface area contributed by atoms with Crippen LogP contribution in [-0.4, -0.2) is 35.2 Å². The van der Waals surface area contributed by atoms with Crippen LogP contribution in [-0.2, 0) is 15.1 Å². The van der Waals surface area contributed by atoms with Gasteiger partial charge in [-0.3, -0.25) is 30.1 Å². The fraction of sp³-hybridized carbons (Fsp3) is 0.200. The molecule has 8 nitrogen and oxygen atoms in total. The van der Waals surface area contributed by atoms with Crippen LogP contribution in [0, 0.1) is 6.92 Å². The van der Waals surface area contributed by atoms with Crippen LogP contribution in [0.4, 0.5) is 4.79 Å². The first-order valence-electron chi connectivity index (χ1n) is 8.67. The Kier molecular flexibility index (Phi) is 5.12. The summed E-state index contributed by atoms with van der Waals surface area (Å²) in [4.78, 5) is 49.9. The average Bonchev–Trinajstić information content (AvgIpc) is 2.91. The van der Waals surface area contributed by atoms with E-state index >= 15 is 0 Å². The average molecular weight is 380 g/mol. The lowest BCUT2D eigenvalue weighted by Crippen LogP contribution is -2.48. The topological polar surface area (TPSA) is 108 Å². The van der Waals surface area contributed by atoms with E-state index in [2.05, 4.69) is 16.2 Å². The number of nitrogens with zero attached hydrogens (tertiary/aromatic N) is 1. The van der Waals surface area contributed by atoms with Crippen molar-refractivity contribution in [2.45, 2.75) is 19.4 Å². The summed E-state index contributed by atoms with van der Waals surface area (Å²) in [5.74, 6) is -1.73. The van der Waals surface area contributed by atoms with Gasteiger partial charge in [0, 0.05) is 5.56 Å². The zero-order valence-electron chi connectivity index (χ0n) is 15.5. The third-order valence-corrected chi connectivity index (χ3v) is 4.56. The van der Waals surface area contributed by atoms with Gasteiger partial charge < -0.3 is 5.32 Å². The molecule has 0 saturated carbocycles. The van der Waals surface area contributed by atoms with E-state index in [0.29, 0.717) is 11.1 Å². The number of urea groups is 1. The Morgan fingerprint density at radius 2 is 1.64 bits per heavy atom. The second kappa shape index (κ2) is 7.51. The minimum atomic E-state index is -1.25. The van der Waals surface area contributed by atoms with Gasteiger partial charge in [-0.2, -0.15) is 0 Å². The summed E-state index contributed by atoms with van der Waals surface area (Å²) >= 11 is 0. The molecule has 2 aromatic carbocycles. The molecule has 1 saturated heterocycles. The molecule has 1 fully saturated rings. The molecule has 3 rings (SSSR count). The Morgan fingerprint density at radius 3 is 2.29 bits per heavy atom. The van der Waals surface area contributed by atoms with Gasteiger partial charge >= 0.3 is 6.03 Å². The van der Waals surface area contributed by atoms with Crippen LogP contribution in [0.15, 0.2) is 54.6 Å². The molecule has 0 unspecified atom stereocenters. The molecule has 8 heteroatoms. The summed E-state index contributed by atoms with van der Waals surface area (Å²) in [6, 6.07) is 14.9. The smallest absolute Gasteiger partial charge is 0.319 e. The Balaban J connectivity index is 1.63. The highest BCUT2D eigenvalue weighted by atomic mass is 16.2. The highest BCUT2D eigenvalue weighted by molar-refractivity contribution is 6.09. The van der Waals surface area contributed by atoms with Crippen molar-refractivity contribution in [2.75, 3.05) is 6.54 Å². The first-order valence-corrected chi connectivity index (χ1v) is 8.67. The Bertz CT molecular complexity index is 927. The lowest BCUT2D eigenvalue weighted by atomic mass is 9.91. The lowest BCUT2D eigenvalue weighted by molar-refractivity contribution is -0.135. The van der Waals surface area contributed by atoms with Gasteiger partial charge in [0.25, 0.3) is 17.7 Å². The van der Waals surface area contributed by atoms with Crippen molar-refractivity contribution >= 4 is 23.8 Å². The van der Waals surface area contributed by atoms with Crippen molar-refractivity contribution in [3.05, 3.63) is 71.3 Å². The van der Waals surface area contributed by atoms with Crippen LogP contribution in [0.1, 0.15) is 28.4 Å². The van der Waals surface area contributed by atoms with Crippen LogP contribution < -0.4 is 16.2 Å². The van der Waals surface area contributed by atoms with E-state index < -0.39 is 35.8 Å². The number of hydrogen-bond donors (Lipinski definition) is 3. The number of benzene rings is 2. The van der Waals surface area contributed by atoms with E-state index in [1.807, 2.05) is 19.1 Å². The number of hydrogen-bond acceptors (Lipinski definition) is 4. The zero-order chi connectivity index (χ0) is 20.3. The Morgan fingerprint density at radius 1 is 1.00 bits per heavy atom. The summed E-state index contributed by atoms with van der Waals surface area (Å²) in [6.07, 6.45) is 0. The molecule has 0 aromatic heterocycles. The quantitative estimate of drug-likeness (QED) is 0.548. The predicted octanol–water partition coefficient (Wildman–Crippen LogP) is 1.22. The number of imide groups is 1. The lowest BCUT2D eigenvalue weighted by Gasteiger charge is -2.22. The van der Waals surface area contributed by atoms with Crippen molar-refractivity contribution in [3.8, 4) is 0 Å². The van der Waals surface area contributed by atoms with E-state index in [1.165, 1.54) is 0 Å². The number of rotatable bonds is 4. The van der Waals surface area contributed by atoms with Gasteiger partial charge in [0.1, 0.15) is 12.1 Å². The fourth-order valence-electron chi connectivity index (χ4n) is 2.89. The number of aryl methyl sites for hydroxylation is 1. The molecule has 1 atom stereocenters. The molecule has 28 heavy (non-hydrogen) atoms. The van der Waals surface area contributed by atoms with Crippen molar-refractivity contribution in [1.29, 1.82) is 0 Å². The monoisotopic (exact) mass is 380 g/mol. The molecule has 3 N–H and O–H groups in total. The van der Waals surface area contributed by atoms with Gasteiger partial charge in [-0.1, -0.05) is 48.0 Å². The van der Waals surface area contributed by atoms with Crippen LogP contribution in [0.25, 0.3) is 0 Å². The highest BCUT2D eigenvalue weighted by Gasteiger charge is 2.49. The summed E-state index contributed by atoms with van der Waals surface area (Å²) in [7, 11) is 0. The molecule has 0 bridgehead atoms. The molecule has 144 valence electrons. The summed E-state index contributed by atoms with van der Waals surface area (Å²) < 4.78 is 0. The Hall–Kier alpha value is -3.68. The predicted molar refractivity (Wildman–Crippen MR) is 101 cm³/mol. The number of nitrogens with one attached hydrogen (secondary N) is 3. The molecular weight excluding hydrogens is 360 g/mol. The molecule has 0 spiro atoms. The van der Waals surface area contributed by atoms with Crippen molar-refractivity contribution < 1.29 is 19.2 Å². The van der Waals surface area contributed by atoms with Gasteiger partial charge in [0.15, 0.2) is 0 Å². The summed E-state index contributed by atoms with van der Waals surface area (Å²) in [5, 5.41) is 2.63. The normalized spacial score (nSPS) is 18.6. The maximum absolute atomic E-state index is 12.8. The van der Waals surface area contributed by atoms with E-state index in [0.717, 1.165) is 10.5 Å². The molecule has 1 heterocycles. The number of hydrazine groups is 1. The van der Waals surface area contributed by atoms with E-state index in [1.54, 1.807) is 49.4 Å². The van der Waals surface area contributed by atoms with Crippen LogP contribution in [0.2, 0.25) is 0 Å². The maximum Gasteiger partial charge on any atom is 0.325 e. The third kappa shape index (κ3) is 3.71. The van der Waals surface area contributed by atoms with Crippen LogP contribution in [0.5, 0.6) is 0 Å². The van der Waals surface area contributed by atoms with Gasteiger partial charge in [-0.05, 0) is 31.5 Å². The van der Waals surface area contributed by atoms with Crippen LogP contribution in [0.3, 0.4) is 0 Å². The van der Waals surface area contributed by atoms with Crippen molar-refractivity contribution in [1.82, 2.24) is 21.1 Å². The van der Waals surface area contributed by atoms with Gasteiger partial charge in [-0.15, -0.1) is 0 Å². The fourth-order valence-corrected chi connectivity index (χ4v) is 2.89. The molecule has 1 aliphatic rings. The molecule has 1 aliphatic heterocycles. The molecule has 0 radical (unpaired) electrons. The summed E-state index contributed by atoms with van der Waals surface area (Å²) in [5.41, 5.74) is 5.22. The number of amides is 5. The van der Waals surface area contributed by atoms with Crippen molar-refractivity contribution in [3.63, 3.8) is 0 Å². The minimum absolute atomic E-state index is 0.365. The molecule has 5 amide bonds. The molecular formula is C20H20N4O4. The summed E-state index contributed by atoms with van der Waals surface area (Å²) in [6.45, 7) is 3.00. The van der Waals surface area contributed by atoms with Gasteiger partial charge in [0.2, 0.25) is 0 Å². The standard InChI is InChI=1S/C20H20N4O4/c1-13-8-10-15(11-9-13)20(2)18(27)24(19(28)21-20)12-16(25)22-23-17(26)14-6-4-3-5-7-14/h3-11H,12H2,1-2H3,(H,21,28)(H,22,25)(H,23,26)/t20-/m1/s1. The highest BCUT2D eigenvalue weighted by Crippen LogP contribution is 2.28. The second-order valence-electron chi connectivity index (χ2n) is 6.68. The van der Waals surface area contributed by atoms with E-state index in [9.17, 15) is 19.2 Å². The van der Waals surface area contributed by atoms with Gasteiger partial charge in [-0.25, -0.2) is 4.79 Å². The van der Waals surface area contributed by atoms with Crippen LogP contribution >= 0.6 is 0 Å². The van der Waals surface area contributed by atoms with E-state index in [4.69, 9.17) is 0 Å². The van der Waals surface area contributed by atoms with Crippen molar-refractivity contribution in [2.24, 2.45) is 0 Å². The second-order valence-corrected chi connectivity index (χ2v) is 6.68. The number of carbonyl (C=O) groups excluding carboxylic acids is 4. The molecule has 0 aliphatic carbocycles. The first kappa shape index (κ1) is 19.1. The largest absolute Gasteiger partial charge is 0.325 e.